The molecule has 0 spiro atoms. The van der Waals surface area contributed by atoms with E-state index in [9.17, 15) is 9.59 Å². The lowest BCUT2D eigenvalue weighted by Crippen LogP contribution is -2.49. The molecule has 8 nitrogen and oxygen atoms in total. The van der Waals surface area contributed by atoms with Crippen molar-refractivity contribution in [3.8, 4) is 11.3 Å². The molecule has 208 valence electrons. The molecule has 0 aliphatic carbocycles. The normalized spacial score (nSPS) is 13.7. The fourth-order valence-electron chi connectivity index (χ4n) is 5.41. The Morgan fingerprint density at radius 2 is 1.73 bits per heavy atom. The molecule has 2 aromatic heterocycles. The van der Waals surface area contributed by atoms with Gasteiger partial charge in [-0.25, -0.2) is 4.98 Å². The standard InChI is InChI=1S/C32H38N6O2/c1-23-11-13-27-26(21-23)29(30(36(27)4)24-9-6-5-7-10-24)32(40)38-19-17-37(18-20-38)28-14-12-25(22-34-28)31(39)33-15-8-16-35(2)3/h5-7,9-14,21-22H,8,15-20H2,1-4H3,(H,33,39). The molecule has 1 aliphatic heterocycles. The minimum absolute atomic E-state index is 0.0592. The maximum atomic E-state index is 14.1. The third-order valence-electron chi connectivity index (χ3n) is 7.58. The Labute approximate surface area is 236 Å². The number of piperazine rings is 1. The molecular formula is C32H38N6O2. The fraction of sp³-hybridized carbons (Fsp3) is 0.344. The quantitative estimate of drug-likeness (QED) is 0.341. The van der Waals surface area contributed by atoms with Gasteiger partial charge in [-0.3, -0.25) is 9.59 Å². The van der Waals surface area contributed by atoms with Crippen LogP contribution in [0.25, 0.3) is 22.2 Å². The van der Waals surface area contributed by atoms with Crippen LogP contribution in [0.5, 0.6) is 0 Å². The van der Waals surface area contributed by atoms with E-state index in [1.165, 1.54) is 0 Å². The summed E-state index contributed by atoms with van der Waals surface area (Å²) in [6, 6.07) is 20.2. The maximum Gasteiger partial charge on any atom is 0.256 e. The first kappa shape index (κ1) is 27.4. The zero-order chi connectivity index (χ0) is 28.2. The first-order valence-electron chi connectivity index (χ1n) is 13.9. The van der Waals surface area contributed by atoms with Crippen molar-refractivity contribution < 1.29 is 9.59 Å². The van der Waals surface area contributed by atoms with Gasteiger partial charge in [0.15, 0.2) is 0 Å². The number of pyridine rings is 1. The number of carbonyl (C=O) groups excluding carboxylic acids is 2. The molecule has 0 atom stereocenters. The molecule has 1 saturated heterocycles. The van der Waals surface area contributed by atoms with Gasteiger partial charge in [0.05, 0.1) is 16.8 Å². The average Bonchev–Trinajstić information content (AvgIpc) is 3.26. The van der Waals surface area contributed by atoms with Gasteiger partial charge in [-0.15, -0.1) is 0 Å². The summed E-state index contributed by atoms with van der Waals surface area (Å²) < 4.78 is 2.14. The van der Waals surface area contributed by atoms with Crippen LogP contribution in [0.15, 0.2) is 66.9 Å². The summed E-state index contributed by atoms with van der Waals surface area (Å²) in [5.74, 6) is 0.777. The van der Waals surface area contributed by atoms with Crippen molar-refractivity contribution in [2.75, 3.05) is 58.3 Å². The second-order valence-electron chi connectivity index (χ2n) is 10.8. The van der Waals surface area contributed by atoms with Crippen LogP contribution in [0, 0.1) is 6.92 Å². The molecule has 8 heteroatoms. The number of hydrogen-bond donors (Lipinski definition) is 1. The van der Waals surface area contributed by atoms with Crippen molar-refractivity contribution in [3.05, 3.63) is 83.6 Å². The van der Waals surface area contributed by atoms with Crippen LogP contribution >= 0.6 is 0 Å². The van der Waals surface area contributed by atoms with E-state index < -0.39 is 0 Å². The highest BCUT2D eigenvalue weighted by molar-refractivity contribution is 6.13. The molecule has 1 aliphatic rings. The number of aryl methyl sites for hydroxylation is 2. The summed E-state index contributed by atoms with van der Waals surface area (Å²) >= 11 is 0. The number of amides is 2. The van der Waals surface area contributed by atoms with Crippen LogP contribution in [0.3, 0.4) is 0 Å². The molecule has 3 heterocycles. The van der Waals surface area contributed by atoms with Crippen molar-refractivity contribution in [1.29, 1.82) is 0 Å². The Morgan fingerprint density at radius 3 is 2.40 bits per heavy atom. The van der Waals surface area contributed by atoms with E-state index in [4.69, 9.17) is 0 Å². The molecule has 1 fully saturated rings. The predicted molar refractivity (Wildman–Crippen MR) is 161 cm³/mol. The van der Waals surface area contributed by atoms with Crippen molar-refractivity contribution in [2.45, 2.75) is 13.3 Å². The van der Waals surface area contributed by atoms with Crippen LogP contribution in [0.2, 0.25) is 0 Å². The van der Waals surface area contributed by atoms with Crippen LogP contribution in [0.4, 0.5) is 5.82 Å². The van der Waals surface area contributed by atoms with E-state index in [1.54, 1.807) is 6.20 Å². The number of nitrogens with one attached hydrogen (secondary N) is 1. The van der Waals surface area contributed by atoms with Gasteiger partial charge in [-0.1, -0.05) is 42.0 Å². The molecule has 0 unspecified atom stereocenters. The van der Waals surface area contributed by atoms with E-state index in [0.29, 0.717) is 38.3 Å². The molecule has 0 radical (unpaired) electrons. The van der Waals surface area contributed by atoms with E-state index in [2.05, 4.69) is 61.9 Å². The molecule has 1 N–H and O–H groups in total. The summed E-state index contributed by atoms with van der Waals surface area (Å²) in [6.45, 7) is 6.19. The minimum Gasteiger partial charge on any atom is -0.353 e. The Morgan fingerprint density at radius 1 is 0.975 bits per heavy atom. The lowest BCUT2D eigenvalue weighted by atomic mass is 10.0. The fourth-order valence-corrected chi connectivity index (χ4v) is 5.41. The molecule has 5 rings (SSSR count). The average molecular weight is 539 g/mol. The van der Waals surface area contributed by atoms with Gasteiger partial charge >= 0.3 is 0 Å². The van der Waals surface area contributed by atoms with E-state index in [-0.39, 0.29) is 11.8 Å². The van der Waals surface area contributed by atoms with Gasteiger partial charge in [-0.2, -0.15) is 0 Å². The Hall–Kier alpha value is -4.17. The Balaban J connectivity index is 1.28. The van der Waals surface area contributed by atoms with Crippen molar-refractivity contribution in [3.63, 3.8) is 0 Å². The molecular weight excluding hydrogens is 500 g/mol. The van der Waals surface area contributed by atoms with Gasteiger partial charge < -0.3 is 24.6 Å². The van der Waals surface area contributed by atoms with Crippen LogP contribution in [-0.2, 0) is 7.05 Å². The molecule has 2 amide bonds. The Kier molecular flexibility index (Phi) is 8.16. The number of carbonyl (C=O) groups is 2. The lowest BCUT2D eigenvalue weighted by Gasteiger charge is -2.35. The highest BCUT2D eigenvalue weighted by Crippen LogP contribution is 2.35. The number of hydrogen-bond acceptors (Lipinski definition) is 5. The summed E-state index contributed by atoms with van der Waals surface area (Å²) in [5.41, 5.74) is 5.49. The van der Waals surface area contributed by atoms with Crippen LogP contribution in [0.1, 0.15) is 32.7 Å². The predicted octanol–water partition coefficient (Wildman–Crippen LogP) is 4.19. The van der Waals surface area contributed by atoms with Crippen LogP contribution < -0.4 is 10.2 Å². The molecule has 0 bridgehead atoms. The number of benzene rings is 2. The number of nitrogens with zero attached hydrogens (tertiary/aromatic N) is 5. The SMILES string of the molecule is Cc1ccc2c(c1)c(C(=O)N1CCN(c3ccc(C(=O)NCCCN(C)C)cn3)CC1)c(-c1ccccc1)n2C. The van der Waals surface area contributed by atoms with Gasteiger partial charge in [0.25, 0.3) is 11.8 Å². The molecule has 0 saturated carbocycles. The van der Waals surface area contributed by atoms with E-state index in [0.717, 1.165) is 52.1 Å². The summed E-state index contributed by atoms with van der Waals surface area (Å²) in [6.07, 6.45) is 2.54. The summed E-state index contributed by atoms with van der Waals surface area (Å²) in [4.78, 5) is 37.3. The number of aromatic nitrogens is 2. The maximum absolute atomic E-state index is 14.1. The number of rotatable bonds is 8. The van der Waals surface area contributed by atoms with Gasteiger partial charge in [0, 0.05) is 56.9 Å². The lowest BCUT2D eigenvalue weighted by molar-refractivity contribution is 0.0748. The largest absolute Gasteiger partial charge is 0.353 e. The third-order valence-corrected chi connectivity index (χ3v) is 7.58. The van der Waals surface area contributed by atoms with Gasteiger partial charge in [0.2, 0.25) is 0 Å². The molecule has 4 aromatic rings. The second-order valence-corrected chi connectivity index (χ2v) is 10.8. The summed E-state index contributed by atoms with van der Waals surface area (Å²) in [7, 11) is 6.08. The summed E-state index contributed by atoms with van der Waals surface area (Å²) in [5, 5.41) is 3.95. The monoisotopic (exact) mass is 538 g/mol. The van der Waals surface area contributed by atoms with E-state index in [1.807, 2.05) is 56.4 Å². The molecule has 2 aromatic carbocycles. The van der Waals surface area contributed by atoms with Gasteiger partial charge in [0.1, 0.15) is 5.82 Å². The van der Waals surface area contributed by atoms with Crippen molar-refractivity contribution >= 4 is 28.5 Å². The van der Waals surface area contributed by atoms with Crippen molar-refractivity contribution in [1.82, 2.24) is 24.7 Å². The Bertz CT molecular complexity index is 1490. The zero-order valence-corrected chi connectivity index (χ0v) is 23.9. The first-order valence-corrected chi connectivity index (χ1v) is 13.9. The topological polar surface area (TPSA) is 73.7 Å². The minimum atomic E-state index is -0.104. The number of fused-ring (bicyclic) bond motifs is 1. The third kappa shape index (κ3) is 5.72. The van der Waals surface area contributed by atoms with E-state index >= 15 is 0 Å². The smallest absolute Gasteiger partial charge is 0.256 e. The van der Waals surface area contributed by atoms with Crippen LogP contribution in [-0.4, -0.2) is 84.5 Å². The van der Waals surface area contributed by atoms with Crippen molar-refractivity contribution in [2.24, 2.45) is 7.05 Å². The second kappa shape index (κ2) is 11.9. The highest BCUT2D eigenvalue weighted by Gasteiger charge is 2.29. The molecule has 40 heavy (non-hydrogen) atoms. The first-order chi connectivity index (χ1) is 19.3. The highest BCUT2D eigenvalue weighted by atomic mass is 16.2. The number of anilines is 1. The zero-order valence-electron chi connectivity index (χ0n) is 23.9. The van der Waals surface area contributed by atoms with Gasteiger partial charge in [-0.05, 0) is 63.8 Å².